The lowest BCUT2D eigenvalue weighted by Gasteiger charge is -2.27. The van der Waals surface area contributed by atoms with Crippen LogP contribution in [0.2, 0.25) is 0 Å². The summed E-state index contributed by atoms with van der Waals surface area (Å²) in [5.41, 5.74) is 1.00. The number of rotatable bonds is 12. The lowest BCUT2D eigenvalue weighted by atomic mass is 10.1. The zero-order valence-corrected chi connectivity index (χ0v) is 27.7. The molecule has 0 aliphatic carbocycles. The van der Waals surface area contributed by atoms with E-state index in [4.69, 9.17) is 28.4 Å². The Kier molecular flexibility index (Phi) is 10.7. The van der Waals surface area contributed by atoms with Gasteiger partial charge in [0, 0.05) is 36.3 Å². The molecule has 4 aliphatic heterocycles. The molecule has 16 heteroatoms. The first kappa shape index (κ1) is 34.8. The van der Waals surface area contributed by atoms with Crippen molar-refractivity contribution in [1.82, 2.24) is 15.5 Å². The zero-order chi connectivity index (χ0) is 32.7. The van der Waals surface area contributed by atoms with E-state index in [1.807, 2.05) is 29.2 Å². The molecule has 1 aromatic carbocycles. The van der Waals surface area contributed by atoms with E-state index < -0.39 is 84.8 Å². The van der Waals surface area contributed by atoms with Crippen LogP contribution >= 0.6 is 22.6 Å². The molecule has 45 heavy (non-hydrogen) atoms. The van der Waals surface area contributed by atoms with Crippen LogP contribution in [0.25, 0.3) is 0 Å². The Labute approximate surface area is 274 Å². The Morgan fingerprint density at radius 3 is 1.62 bits per heavy atom. The van der Waals surface area contributed by atoms with Gasteiger partial charge in [-0.05, 0) is 68.0 Å². The van der Waals surface area contributed by atoms with Crippen LogP contribution < -0.4 is 10.6 Å². The number of nitrogens with one attached hydrogen (secondary N) is 2. The van der Waals surface area contributed by atoms with Gasteiger partial charge in [-0.25, -0.2) is 0 Å². The number of carbonyl (C=O) groups is 2. The van der Waals surface area contributed by atoms with Gasteiger partial charge in [-0.1, -0.05) is 12.1 Å². The maximum atomic E-state index is 12.8. The maximum Gasteiger partial charge on any atom is 0.251 e. The van der Waals surface area contributed by atoms with Crippen LogP contribution in [0.3, 0.4) is 0 Å². The van der Waals surface area contributed by atoms with Crippen LogP contribution in [0.5, 0.6) is 0 Å². The van der Waals surface area contributed by atoms with Gasteiger partial charge >= 0.3 is 0 Å². The number of halogens is 1. The first-order valence-corrected chi connectivity index (χ1v) is 16.0. The lowest BCUT2D eigenvalue weighted by Crippen LogP contribution is -2.50. The summed E-state index contributed by atoms with van der Waals surface area (Å²) in [6.07, 6.45) is -11.7. The van der Waals surface area contributed by atoms with Crippen LogP contribution in [-0.4, -0.2) is 136 Å². The molecule has 4 fully saturated rings. The quantitative estimate of drug-likeness (QED) is 0.136. The van der Waals surface area contributed by atoms with Crippen molar-refractivity contribution in [3.05, 3.63) is 33.4 Å². The minimum Gasteiger partial charge on any atom is -0.387 e. The number of aliphatic hydroxyl groups is 4. The van der Waals surface area contributed by atoms with E-state index in [0.29, 0.717) is 19.6 Å². The summed E-state index contributed by atoms with van der Waals surface area (Å²) in [4.78, 5) is 27.5. The highest BCUT2D eigenvalue weighted by Crippen LogP contribution is 2.39. The van der Waals surface area contributed by atoms with Crippen molar-refractivity contribution in [1.29, 1.82) is 0 Å². The fourth-order valence-electron chi connectivity index (χ4n) is 5.85. The van der Waals surface area contributed by atoms with Gasteiger partial charge in [-0.2, -0.15) is 0 Å². The van der Waals surface area contributed by atoms with E-state index in [1.54, 1.807) is 27.7 Å². The van der Waals surface area contributed by atoms with Crippen LogP contribution in [0.15, 0.2) is 24.3 Å². The average molecular weight is 752 g/mol. The minimum atomic E-state index is -1.65. The van der Waals surface area contributed by atoms with Crippen molar-refractivity contribution in [3.8, 4) is 0 Å². The summed E-state index contributed by atoms with van der Waals surface area (Å²) in [6.45, 7) is 8.20. The van der Waals surface area contributed by atoms with Crippen molar-refractivity contribution >= 4 is 34.4 Å². The Hall–Kier alpha value is -1.55. The summed E-state index contributed by atoms with van der Waals surface area (Å²) in [5, 5.41) is 47.7. The summed E-state index contributed by atoms with van der Waals surface area (Å²) >= 11 is 2.21. The third-order valence-corrected chi connectivity index (χ3v) is 8.76. The number of hydrogen-bond acceptors (Lipinski definition) is 13. The SMILES string of the molecule is CC1(C)O[C@H]2O[C@H]([C@H](O)C(=O)NCCN(CCNC(=O)[C@@H](O)[C@H]3O[C@@H]4OC(C)(C)O[C@@H]4[C@H]3O)Cc3ccc(I)cc3)[C@H](O)[C@H]2O1. The molecule has 4 heterocycles. The molecule has 0 bridgehead atoms. The predicted octanol–water partition coefficient (Wildman–Crippen LogP) is -1.48. The topological polar surface area (TPSA) is 198 Å². The molecular formula is C29H42IN3O12. The van der Waals surface area contributed by atoms with Crippen LogP contribution in [0, 0.1) is 3.57 Å². The number of fused-ring (bicyclic) bond motifs is 2. The molecule has 15 nitrogen and oxygen atoms in total. The van der Waals surface area contributed by atoms with Gasteiger partial charge in [-0.15, -0.1) is 0 Å². The Morgan fingerprint density at radius 1 is 0.800 bits per heavy atom. The lowest BCUT2D eigenvalue weighted by molar-refractivity contribution is -0.225. The number of hydrogen-bond donors (Lipinski definition) is 6. The summed E-state index contributed by atoms with van der Waals surface area (Å²) < 4.78 is 34.6. The van der Waals surface area contributed by atoms with Gasteiger partial charge in [0.05, 0.1) is 0 Å². The normalized spacial score (nSPS) is 34.4. The molecule has 252 valence electrons. The van der Waals surface area contributed by atoms with Crippen LogP contribution in [0.4, 0.5) is 0 Å². The highest BCUT2D eigenvalue weighted by Gasteiger charge is 2.58. The van der Waals surface area contributed by atoms with E-state index >= 15 is 0 Å². The van der Waals surface area contributed by atoms with E-state index in [9.17, 15) is 30.0 Å². The first-order valence-electron chi connectivity index (χ1n) is 14.9. The van der Waals surface area contributed by atoms with Gasteiger partial charge in [0.25, 0.3) is 11.8 Å². The Balaban J connectivity index is 1.10. The van der Waals surface area contributed by atoms with Crippen LogP contribution in [0.1, 0.15) is 33.3 Å². The van der Waals surface area contributed by atoms with Crippen molar-refractivity contribution < 1.29 is 58.4 Å². The molecule has 0 unspecified atom stereocenters. The number of ether oxygens (including phenoxy) is 6. The van der Waals surface area contributed by atoms with Gasteiger partial charge in [0.15, 0.2) is 36.4 Å². The van der Waals surface area contributed by atoms with Crippen molar-refractivity contribution in [2.24, 2.45) is 0 Å². The highest BCUT2D eigenvalue weighted by atomic mass is 127. The smallest absolute Gasteiger partial charge is 0.251 e. The Morgan fingerprint density at radius 2 is 1.22 bits per heavy atom. The maximum absolute atomic E-state index is 12.8. The molecular weight excluding hydrogens is 709 g/mol. The monoisotopic (exact) mass is 751 g/mol. The molecule has 0 radical (unpaired) electrons. The van der Waals surface area contributed by atoms with E-state index in [2.05, 4.69) is 33.2 Å². The first-order chi connectivity index (χ1) is 21.1. The number of aliphatic hydroxyl groups excluding tert-OH is 4. The largest absolute Gasteiger partial charge is 0.387 e. The third kappa shape index (κ3) is 8.13. The molecule has 5 rings (SSSR count). The van der Waals surface area contributed by atoms with E-state index in [1.165, 1.54) is 0 Å². The average Bonchev–Trinajstić information content (AvgIpc) is 3.64. The predicted molar refractivity (Wildman–Crippen MR) is 162 cm³/mol. The number of amides is 2. The minimum absolute atomic E-state index is 0.147. The third-order valence-electron chi connectivity index (χ3n) is 8.04. The molecule has 0 spiro atoms. The zero-order valence-electron chi connectivity index (χ0n) is 25.5. The Bertz CT molecular complexity index is 1140. The number of benzene rings is 1. The van der Waals surface area contributed by atoms with Gasteiger partial charge in [-0.3, -0.25) is 14.5 Å². The van der Waals surface area contributed by atoms with Crippen LogP contribution in [-0.2, 0) is 44.6 Å². The van der Waals surface area contributed by atoms with Gasteiger partial charge in [0.2, 0.25) is 0 Å². The second-order valence-corrected chi connectivity index (χ2v) is 13.7. The van der Waals surface area contributed by atoms with Crippen molar-refractivity contribution in [2.45, 2.75) is 107 Å². The molecule has 2 amide bonds. The number of carbonyl (C=O) groups excluding carboxylic acids is 2. The van der Waals surface area contributed by atoms with Gasteiger partial charge in [0.1, 0.15) is 36.6 Å². The van der Waals surface area contributed by atoms with E-state index in [0.717, 1.165) is 9.13 Å². The summed E-state index contributed by atoms with van der Waals surface area (Å²) in [7, 11) is 0. The molecule has 10 atom stereocenters. The molecule has 0 aromatic heterocycles. The molecule has 4 aliphatic rings. The standard InChI is InChI=1S/C29H42IN3O12/c1-28(2)42-22-16(34)20(40-26(22)44-28)18(36)24(38)31-9-11-33(13-14-5-7-15(30)8-6-14)12-10-32-25(39)19(37)21-17(35)23-27(41-21)45-29(3,4)43-23/h5-8,16-23,26-27,34-37H,9-13H2,1-4H3,(H,31,38)(H,32,39)/t16-,17-,18-,19-,20-,21-,22+,23+,26+,27+/m0/s1. The fourth-order valence-corrected chi connectivity index (χ4v) is 6.21. The number of nitrogens with zero attached hydrogens (tertiary/aromatic N) is 1. The second-order valence-electron chi connectivity index (χ2n) is 12.5. The highest BCUT2D eigenvalue weighted by molar-refractivity contribution is 14.1. The molecule has 6 N–H and O–H groups in total. The molecule has 0 saturated carbocycles. The summed E-state index contributed by atoms with van der Waals surface area (Å²) in [5.74, 6) is -3.34. The van der Waals surface area contributed by atoms with E-state index in [-0.39, 0.29) is 13.1 Å². The second kappa shape index (κ2) is 13.9. The van der Waals surface area contributed by atoms with Crippen molar-refractivity contribution in [2.75, 3.05) is 26.2 Å². The molecule has 4 saturated heterocycles. The summed E-state index contributed by atoms with van der Waals surface area (Å²) in [6, 6.07) is 7.89. The fraction of sp³-hybridized carbons (Fsp3) is 0.724. The molecule has 1 aromatic rings. The van der Waals surface area contributed by atoms with Gasteiger partial charge < -0.3 is 59.5 Å². The van der Waals surface area contributed by atoms with Crippen molar-refractivity contribution in [3.63, 3.8) is 0 Å².